The highest BCUT2D eigenvalue weighted by Gasteiger charge is 2.13. The summed E-state index contributed by atoms with van der Waals surface area (Å²) in [6, 6.07) is 6.15. The smallest absolute Gasteiger partial charge is 0.161 e. The van der Waals surface area contributed by atoms with E-state index in [4.69, 9.17) is 14.2 Å². The van der Waals surface area contributed by atoms with Gasteiger partial charge in [0.25, 0.3) is 0 Å². The van der Waals surface area contributed by atoms with Gasteiger partial charge in [-0.2, -0.15) is 0 Å². The highest BCUT2D eigenvalue weighted by Crippen LogP contribution is 2.28. The van der Waals surface area contributed by atoms with Gasteiger partial charge in [-0.05, 0) is 49.9 Å². The minimum Gasteiger partial charge on any atom is -0.493 e. The van der Waals surface area contributed by atoms with Crippen LogP contribution in [0.1, 0.15) is 44.6 Å². The molecule has 0 atom stereocenters. The van der Waals surface area contributed by atoms with E-state index < -0.39 is 0 Å². The van der Waals surface area contributed by atoms with E-state index in [2.05, 4.69) is 17.4 Å². The Morgan fingerprint density at radius 1 is 1.09 bits per heavy atom. The molecule has 1 aromatic carbocycles. The monoisotopic (exact) mass is 321 g/mol. The Morgan fingerprint density at radius 2 is 1.91 bits per heavy atom. The number of methoxy groups -OCH3 is 1. The number of rotatable bonds is 10. The molecule has 0 radical (unpaired) electrons. The van der Waals surface area contributed by atoms with Crippen LogP contribution in [0.5, 0.6) is 11.5 Å². The summed E-state index contributed by atoms with van der Waals surface area (Å²) in [7, 11) is 1.68. The number of hydrogen-bond donors (Lipinski definition) is 1. The topological polar surface area (TPSA) is 39.7 Å². The molecular weight excluding hydrogens is 290 g/mol. The van der Waals surface area contributed by atoms with Crippen molar-refractivity contribution in [3.63, 3.8) is 0 Å². The first-order chi connectivity index (χ1) is 11.3. The Kier molecular flexibility index (Phi) is 8.26. The maximum Gasteiger partial charge on any atom is 0.161 e. The van der Waals surface area contributed by atoms with E-state index >= 15 is 0 Å². The molecule has 1 N–H and O–H groups in total. The van der Waals surface area contributed by atoms with Crippen molar-refractivity contribution in [3.8, 4) is 11.5 Å². The van der Waals surface area contributed by atoms with Gasteiger partial charge in [-0.25, -0.2) is 0 Å². The molecule has 0 saturated heterocycles. The predicted molar refractivity (Wildman–Crippen MR) is 93.3 cm³/mol. The largest absolute Gasteiger partial charge is 0.493 e. The number of hydrogen-bond acceptors (Lipinski definition) is 4. The summed E-state index contributed by atoms with van der Waals surface area (Å²) in [5, 5.41) is 3.59. The van der Waals surface area contributed by atoms with E-state index in [9.17, 15) is 0 Å². The molecule has 2 rings (SSSR count). The highest BCUT2D eigenvalue weighted by atomic mass is 16.5. The Hall–Kier alpha value is -1.26. The molecule has 1 aromatic rings. The number of ether oxygens (including phenoxy) is 3. The van der Waals surface area contributed by atoms with Crippen LogP contribution in [-0.2, 0) is 11.3 Å². The average Bonchev–Trinajstić information content (AvgIpc) is 2.60. The Morgan fingerprint density at radius 3 is 2.65 bits per heavy atom. The molecule has 0 heterocycles. The molecule has 4 nitrogen and oxygen atoms in total. The van der Waals surface area contributed by atoms with Gasteiger partial charge in [-0.1, -0.05) is 25.3 Å². The summed E-state index contributed by atoms with van der Waals surface area (Å²) in [6.07, 6.45) is 6.96. The lowest BCUT2D eigenvalue weighted by atomic mass is 9.89. The maximum atomic E-state index is 5.71. The van der Waals surface area contributed by atoms with Crippen molar-refractivity contribution in [2.45, 2.75) is 45.6 Å². The molecule has 4 heteroatoms. The van der Waals surface area contributed by atoms with Crippen LogP contribution in [0.4, 0.5) is 0 Å². The summed E-state index contributed by atoms with van der Waals surface area (Å²) in [6.45, 7) is 5.84. The molecule has 0 aliphatic heterocycles. The van der Waals surface area contributed by atoms with Crippen LogP contribution in [0.15, 0.2) is 18.2 Å². The van der Waals surface area contributed by atoms with Crippen LogP contribution in [-0.4, -0.2) is 33.5 Å². The van der Waals surface area contributed by atoms with Crippen molar-refractivity contribution >= 4 is 0 Å². The molecule has 1 aliphatic carbocycles. The third-order valence-corrected chi connectivity index (χ3v) is 4.40. The Bertz CT molecular complexity index is 444. The van der Waals surface area contributed by atoms with Crippen LogP contribution in [0.25, 0.3) is 0 Å². The van der Waals surface area contributed by atoms with Crippen LogP contribution in [0.3, 0.4) is 0 Å². The van der Waals surface area contributed by atoms with Gasteiger partial charge in [0.15, 0.2) is 11.5 Å². The van der Waals surface area contributed by atoms with Crippen LogP contribution in [0, 0.1) is 5.92 Å². The van der Waals surface area contributed by atoms with Crippen LogP contribution in [0.2, 0.25) is 0 Å². The van der Waals surface area contributed by atoms with E-state index in [0.29, 0.717) is 19.8 Å². The lowest BCUT2D eigenvalue weighted by Crippen LogP contribution is -2.24. The second-order valence-electron chi connectivity index (χ2n) is 6.17. The molecule has 0 spiro atoms. The van der Waals surface area contributed by atoms with Gasteiger partial charge in [-0.15, -0.1) is 0 Å². The average molecular weight is 321 g/mol. The molecule has 1 saturated carbocycles. The minimum absolute atomic E-state index is 0.545. The molecule has 1 fully saturated rings. The van der Waals surface area contributed by atoms with Crippen molar-refractivity contribution in [2.24, 2.45) is 5.92 Å². The van der Waals surface area contributed by atoms with Crippen LogP contribution >= 0.6 is 0 Å². The fourth-order valence-corrected chi connectivity index (χ4v) is 3.11. The van der Waals surface area contributed by atoms with Gasteiger partial charge in [0, 0.05) is 13.2 Å². The minimum atomic E-state index is 0.545. The SMILES string of the molecule is CCOCCOc1ccc(CNCC2CCCCC2)cc1OC. The van der Waals surface area contributed by atoms with Gasteiger partial charge in [0.1, 0.15) is 6.61 Å². The van der Waals surface area contributed by atoms with Crippen molar-refractivity contribution < 1.29 is 14.2 Å². The fourth-order valence-electron chi connectivity index (χ4n) is 3.11. The molecule has 23 heavy (non-hydrogen) atoms. The molecule has 0 unspecified atom stereocenters. The third-order valence-electron chi connectivity index (χ3n) is 4.40. The van der Waals surface area contributed by atoms with Crippen molar-refractivity contribution in [2.75, 3.05) is 33.5 Å². The first-order valence-corrected chi connectivity index (χ1v) is 8.91. The zero-order valence-corrected chi connectivity index (χ0v) is 14.6. The van der Waals surface area contributed by atoms with E-state index in [-0.39, 0.29) is 0 Å². The molecular formula is C19H31NO3. The van der Waals surface area contributed by atoms with Crippen molar-refractivity contribution in [3.05, 3.63) is 23.8 Å². The second-order valence-corrected chi connectivity index (χ2v) is 6.17. The van der Waals surface area contributed by atoms with E-state index in [0.717, 1.165) is 30.5 Å². The van der Waals surface area contributed by atoms with Gasteiger partial charge < -0.3 is 19.5 Å². The third kappa shape index (κ3) is 6.40. The lowest BCUT2D eigenvalue weighted by Gasteiger charge is -2.22. The molecule has 0 aromatic heterocycles. The second kappa shape index (κ2) is 10.5. The summed E-state index contributed by atoms with van der Waals surface area (Å²) in [5.74, 6) is 2.42. The van der Waals surface area contributed by atoms with Gasteiger partial charge in [0.05, 0.1) is 13.7 Å². The molecule has 130 valence electrons. The number of benzene rings is 1. The van der Waals surface area contributed by atoms with Gasteiger partial charge >= 0.3 is 0 Å². The van der Waals surface area contributed by atoms with Crippen molar-refractivity contribution in [1.29, 1.82) is 0 Å². The molecule has 1 aliphatic rings. The Labute approximate surface area is 140 Å². The summed E-state index contributed by atoms with van der Waals surface area (Å²) in [5.41, 5.74) is 1.23. The lowest BCUT2D eigenvalue weighted by molar-refractivity contribution is 0.109. The molecule has 0 bridgehead atoms. The first kappa shape index (κ1) is 18.1. The number of nitrogens with one attached hydrogen (secondary N) is 1. The van der Waals surface area contributed by atoms with Crippen molar-refractivity contribution in [1.82, 2.24) is 5.32 Å². The van der Waals surface area contributed by atoms with E-state index in [1.54, 1.807) is 7.11 Å². The predicted octanol–water partition coefficient (Wildman–Crippen LogP) is 3.78. The van der Waals surface area contributed by atoms with Crippen LogP contribution < -0.4 is 14.8 Å². The van der Waals surface area contributed by atoms with E-state index in [1.165, 1.54) is 37.7 Å². The maximum absolute atomic E-state index is 5.71. The standard InChI is InChI=1S/C19H31NO3/c1-3-22-11-12-23-18-10-9-17(13-19(18)21-2)15-20-14-16-7-5-4-6-8-16/h9-10,13,16,20H,3-8,11-12,14-15H2,1-2H3. The first-order valence-electron chi connectivity index (χ1n) is 8.91. The molecule has 0 amide bonds. The summed E-state index contributed by atoms with van der Waals surface area (Å²) in [4.78, 5) is 0. The summed E-state index contributed by atoms with van der Waals surface area (Å²) < 4.78 is 16.4. The van der Waals surface area contributed by atoms with Gasteiger partial charge in [-0.3, -0.25) is 0 Å². The van der Waals surface area contributed by atoms with E-state index in [1.807, 2.05) is 13.0 Å². The normalized spacial score (nSPS) is 15.6. The zero-order valence-electron chi connectivity index (χ0n) is 14.6. The zero-order chi connectivity index (χ0) is 16.3. The Balaban J connectivity index is 1.78. The highest BCUT2D eigenvalue weighted by molar-refractivity contribution is 5.42. The summed E-state index contributed by atoms with van der Waals surface area (Å²) >= 11 is 0. The quantitative estimate of drug-likeness (QED) is 0.666. The fraction of sp³-hybridized carbons (Fsp3) is 0.684. The van der Waals surface area contributed by atoms with Gasteiger partial charge in [0.2, 0.25) is 0 Å².